The Bertz CT molecular complexity index is 1140. The van der Waals surface area contributed by atoms with Gasteiger partial charge in [-0.3, -0.25) is 5.09 Å². The lowest BCUT2D eigenvalue weighted by atomic mass is 10.0. The molecule has 0 aliphatic carbocycles. The minimum absolute atomic E-state index is 0.272. The van der Waals surface area contributed by atoms with E-state index in [1.165, 1.54) is 28.0 Å². The quantitative estimate of drug-likeness (QED) is 0.245. The van der Waals surface area contributed by atoms with Crippen molar-refractivity contribution in [1.82, 2.24) is 9.39 Å². The number of nitrogens with zero attached hydrogens (tertiary/aromatic N) is 1. The number of hydrogen-bond donors (Lipinski definition) is 1. The molecule has 1 fully saturated rings. The molecule has 33 heavy (non-hydrogen) atoms. The van der Waals surface area contributed by atoms with Crippen molar-refractivity contribution >= 4 is 54.2 Å². The second kappa shape index (κ2) is 12.8. The zero-order valence-corrected chi connectivity index (χ0v) is 22.0. The first-order chi connectivity index (χ1) is 15.9. The molecule has 3 aromatic rings. The molecule has 0 bridgehead atoms. The lowest BCUT2D eigenvalue weighted by Crippen LogP contribution is -2.35. The van der Waals surface area contributed by atoms with Crippen molar-refractivity contribution in [3.05, 3.63) is 87.8 Å². The van der Waals surface area contributed by atoms with Crippen molar-refractivity contribution in [2.24, 2.45) is 0 Å². The third kappa shape index (κ3) is 7.48. The fraction of sp³-hybridized carbons (Fsp3) is 0.280. The van der Waals surface area contributed by atoms with Crippen LogP contribution in [0.1, 0.15) is 29.5 Å². The number of halogens is 1. The van der Waals surface area contributed by atoms with Gasteiger partial charge in [-0.15, -0.1) is 11.3 Å². The van der Waals surface area contributed by atoms with Crippen LogP contribution in [0.2, 0.25) is 4.34 Å². The summed E-state index contributed by atoms with van der Waals surface area (Å²) in [6.45, 7) is 1.56. The van der Waals surface area contributed by atoms with E-state index in [1.54, 1.807) is 16.4 Å². The zero-order valence-electron chi connectivity index (χ0n) is 18.5. The van der Waals surface area contributed by atoms with Crippen LogP contribution in [0.4, 0.5) is 0 Å². The predicted octanol–water partition coefficient (Wildman–Crippen LogP) is 5.41. The van der Waals surface area contributed by atoms with Gasteiger partial charge in [0.05, 0.1) is 24.3 Å². The maximum atomic E-state index is 12.6. The number of carbonyl (C=O) groups excluding carboxylic acids is 1. The molecule has 1 N–H and O–H groups in total. The third-order valence-corrected chi connectivity index (χ3v) is 9.73. The van der Waals surface area contributed by atoms with Gasteiger partial charge in [0.1, 0.15) is 6.29 Å². The molecule has 1 saturated heterocycles. The summed E-state index contributed by atoms with van der Waals surface area (Å²) in [7, 11) is -0.00306. The van der Waals surface area contributed by atoms with E-state index in [4.69, 9.17) is 11.6 Å². The molecule has 0 saturated carbocycles. The first-order valence-electron chi connectivity index (χ1n) is 10.8. The van der Waals surface area contributed by atoms with Crippen LogP contribution < -0.4 is 5.09 Å². The largest absolute Gasteiger partial charge is 0.302 e. The normalized spacial score (nSPS) is 17.7. The summed E-state index contributed by atoms with van der Waals surface area (Å²) in [5.74, 6) is 3.78. The van der Waals surface area contributed by atoms with E-state index in [9.17, 15) is 9.00 Å². The van der Waals surface area contributed by atoms with Crippen molar-refractivity contribution < 1.29 is 9.00 Å². The summed E-state index contributed by atoms with van der Waals surface area (Å²) >= 11 is 7.08. The van der Waals surface area contributed by atoms with Gasteiger partial charge in [-0.05, 0) is 60.4 Å². The Hall–Kier alpha value is -1.53. The first kappa shape index (κ1) is 26.1. The van der Waals surface area contributed by atoms with Gasteiger partial charge >= 0.3 is 0 Å². The molecule has 0 radical (unpaired) electrons. The van der Waals surface area contributed by atoms with Crippen molar-refractivity contribution in [3.63, 3.8) is 0 Å². The van der Waals surface area contributed by atoms with Crippen LogP contribution >= 0.6 is 32.3 Å². The van der Waals surface area contributed by atoms with Crippen LogP contribution in [0.15, 0.2) is 70.9 Å². The third-order valence-electron chi connectivity index (χ3n) is 5.49. The molecular formula is C25H30ClN2O2PS2. The lowest BCUT2D eigenvalue weighted by Gasteiger charge is -2.23. The van der Waals surface area contributed by atoms with Crippen molar-refractivity contribution in [2.45, 2.75) is 42.5 Å². The zero-order chi connectivity index (χ0) is 23.7. The summed E-state index contributed by atoms with van der Waals surface area (Å²) in [4.78, 5) is 10.9. The Labute approximate surface area is 208 Å². The molecule has 3 unspecified atom stereocenters. The monoisotopic (exact) mass is 520 g/mol. The van der Waals surface area contributed by atoms with Gasteiger partial charge in [0, 0.05) is 13.1 Å². The van der Waals surface area contributed by atoms with Crippen LogP contribution in [0.5, 0.6) is 0 Å². The van der Waals surface area contributed by atoms with E-state index >= 15 is 0 Å². The summed E-state index contributed by atoms with van der Waals surface area (Å²) in [5, 5.41) is 3.10. The molecule has 8 heteroatoms. The van der Waals surface area contributed by atoms with E-state index in [0.29, 0.717) is 15.1 Å². The van der Waals surface area contributed by atoms with Gasteiger partial charge in [-0.2, -0.15) is 0 Å². The Kier molecular flexibility index (Phi) is 10.1. The number of rotatable bonds is 8. The molecule has 2 heterocycles. The first-order valence-corrected chi connectivity index (χ1v) is 14.3. The smallest absolute Gasteiger partial charge is 0.138 e. The molecule has 0 amide bonds. The van der Waals surface area contributed by atoms with Crippen LogP contribution in [-0.2, 0) is 33.9 Å². The number of nitrogens with one attached hydrogen (secondary N) is 1. The SMILES string of the molecule is C=S(=O)(c1ccc(Cl)s1)N1CCCC1C=O.PNCc1cccc(CCc2ccccc2)c1. The number of benzene rings is 2. The van der Waals surface area contributed by atoms with Gasteiger partial charge in [0.25, 0.3) is 0 Å². The highest BCUT2D eigenvalue weighted by molar-refractivity contribution is 8.00. The molecule has 4 nitrogen and oxygen atoms in total. The number of aldehydes is 1. The highest BCUT2D eigenvalue weighted by Crippen LogP contribution is 2.31. The maximum absolute atomic E-state index is 12.6. The topological polar surface area (TPSA) is 49.4 Å². The summed E-state index contributed by atoms with van der Waals surface area (Å²) in [6.07, 6.45) is 4.71. The minimum atomic E-state index is -2.54. The van der Waals surface area contributed by atoms with Crippen molar-refractivity contribution in [3.8, 4) is 0 Å². The van der Waals surface area contributed by atoms with Crippen LogP contribution in [-0.4, -0.2) is 33.3 Å². The van der Waals surface area contributed by atoms with Gasteiger partial charge in [0.2, 0.25) is 0 Å². The van der Waals surface area contributed by atoms with Gasteiger partial charge < -0.3 is 4.79 Å². The average molecular weight is 521 g/mol. The molecule has 4 rings (SSSR count). The lowest BCUT2D eigenvalue weighted by molar-refractivity contribution is -0.110. The van der Waals surface area contributed by atoms with E-state index in [2.05, 4.69) is 74.9 Å². The van der Waals surface area contributed by atoms with Gasteiger partial charge in [0.15, 0.2) is 0 Å². The minimum Gasteiger partial charge on any atom is -0.302 e. The number of carbonyl (C=O) groups is 1. The van der Waals surface area contributed by atoms with E-state index in [0.717, 1.165) is 38.5 Å². The summed E-state index contributed by atoms with van der Waals surface area (Å²) in [5.41, 5.74) is 4.15. The molecular weight excluding hydrogens is 491 g/mol. The Morgan fingerprint density at radius 1 is 1.09 bits per heavy atom. The Balaban J connectivity index is 0.000000186. The second-order valence-electron chi connectivity index (χ2n) is 7.87. The average Bonchev–Trinajstić information content (AvgIpc) is 3.49. The fourth-order valence-corrected chi connectivity index (χ4v) is 7.55. The standard InChI is InChI=1S/C15H18NP.C10H12ClNO2S2/c17-16-12-15-8-4-7-14(11-15)10-9-13-5-2-1-3-6-13;1-16(14,10-5-4-9(11)15-10)12-6-2-3-8(12)7-13/h1-8,11,16H,9-10,12,17H2;4-5,7-8H,1-3,6H2. The summed E-state index contributed by atoms with van der Waals surface area (Å²) in [6, 6.07) is 22.6. The van der Waals surface area contributed by atoms with Gasteiger partial charge in [-0.25, -0.2) is 8.51 Å². The van der Waals surface area contributed by atoms with E-state index in [-0.39, 0.29) is 6.04 Å². The Morgan fingerprint density at radius 2 is 1.79 bits per heavy atom. The van der Waals surface area contributed by atoms with Crippen LogP contribution in [0.3, 0.4) is 0 Å². The molecule has 176 valence electrons. The molecule has 2 aromatic carbocycles. The van der Waals surface area contributed by atoms with Crippen LogP contribution in [0.25, 0.3) is 0 Å². The number of thiophene rings is 1. The van der Waals surface area contributed by atoms with Crippen LogP contribution in [0, 0.1) is 0 Å². The summed E-state index contributed by atoms with van der Waals surface area (Å²) < 4.78 is 15.5. The second-order valence-corrected chi connectivity index (χ2v) is 12.4. The number of aryl methyl sites for hydroxylation is 2. The molecule has 0 spiro atoms. The highest BCUT2D eigenvalue weighted by Gasteiger charge is 2.31. The molecule has 1 aliphatic rings. The number of hydrogen-bond acceptors (Lipinski definition) is 4. The van der Waals surface area contributed by atoms with Gasteiger partial charge in [-0.1, -0.05) is 75.6 Å². The predicted molar refractivity (Wildman–Crippen MR) is 145 cm³/mol. The molecule has 3 atom stereocenters. The fourth-order valence-electron chi connectivity index (χ4n) is 3.80. The highest BCUT2D eigenvalue weighted by atomic mass is 35.5. The van der Waals surface area contributed by atoms with E-state index in [1.807, 2.05) is 0 Å². The van der Waals surface area contributed by atoms with Crippen molar-refractivity contribution in [1.29, 1.82) is 0 Å². The maximum Gasteiger partial charge on any atom is 0.138 e. The van der Waals surface area contributed by atoms with E-state index < -0.39 is 9.71 Å². The van der Waals surface area contributed by atoms with Crippen molar-refractivity contribution in [2.75, 3.05) is 6.54 Å². The molecule has 1 aliphatic heterocycles. The Morgan fingerprint density at radius 3 is 2.45 bits per heavy atom. The molecule has 1 aromatic heterocycles.